The number of carbonyl (C=O) groups excluding carboxylic acids is 1. The molecule has 0 amide bonds. The van der Waals surface area contributed by atoms with Crippen molar-refractivity contribution >= 4 is 5.78 Å². The van der Waals surface area contributed by atoms with Crippen molar-refractivity contribution in [3.05, 3.63) is 23.2 Å². The van der Waals surface area contributed by atoms with Crippen LogP contribution in [0.3, 0.4) is 0 Å². The van der Waals surface area contributed by atoms with Crippen molar-refractivity contribution in [2.75, 3.05) is 20.7 Å². The molecular weight excluding hydrogens is 294 g/mol. The Labute approximate surface area is 140 Å². The first-order valence-electron chi connectivity index (χ1n) is 9.97. The molecule has 1 unspecified atom stereocenters. The van der Waals surface area contributed by atoms with Crippen molar-refractivity contribution in [2.24, 2.45) is 0 Å². The average Bonchev–Trinajstić information content (AvgIpc) is 2.92. The molecule has 2 bridgehead atoms. The van der Waals surface area contributed by atoms with Gasteiger partial charge in [-0.3, -0.25) is 4.79 Å². The molecule has 23 heavy (non-hydrogen) atoms. The molecule has 1 saturated heterocycles. The van der Waals surface area contributed by atoms with E-state index >= 15 is 0 Å². The lowest BCUT2D eigenvalue weighted by atomic mass is 9.49. The average molecular weight is 319 g/mol. The highest BCUT2D eigenvalue weighted by Gasteiger charge is 2.72. The van der Waals surface area contributed by atoms with Gasteiger partial charge >= 0.3 is 0 Å². The maximum Gasteiger partial charge on any atom is 0.211 e. The van der Waals surface area contributed by atoms with Crippen LogP contribution < -0.4 is 9.47 Å². The Hall–Kier alpha value is -1.59. The highest BCUT2D eigenvalue weighted by molar-refractivity contribution is 5.90. The fraction of sp³-hybridized carbons (Fsp3) is 0.611. The van der Waals surface area contributed by atoms with Gasteiger partial charge < -0.3 is 19.5 Å². The second kappa shape index (κ2) is 4.08. The summed E-state index contributed by atoms with van der Waals surface area (Å²) in [7, 11) is 3.34. The molecule has 5 heteroatoms. The van der Waals surface area contributed by atoms with E-state index in [-0.39, 0.29) is 41.8 Å². The van der Waals surface area contributed by atoms with Crippen LogP contribution in [0.5, 0.6) is 11.5 Å². The zero-order chi connectivity index (χ0) is 19.4. The molecule has 1 spiro atoms. The largest absolute Gasteiger partial charge is 0.493 e. The third kappa shape index (κ3) is 1.32. The lowest BCUT2D eigenvalue weighted by molar-refractivity contribution is -0.185. The van der Waals surface area contributed by atoms with Gasteiger partial charge in [0.25, 0.3) is 0 Å². The number of likely N-dealkylation sites (tertiary alicyclic amines) is 1. The number of carbonyl (C=O) groups is 1. The fourth-order valence-corrected chi connectivity index (χ4v) is 5.25. The maximum atomic E-state index is 13.0. The Kier molecular flexibility index (Phi) is 1.83. The first-order valence-corrected chi connectivity index (χ1v) is 8.06. The van der Waals surface area contributed by atoms with E-state index in [2.05, 4.69) is 4.90 Å². The van der Waals surface area contributed by atoms with Crippen molar-refractivity contribution in [3.63, 3.8) is 0 Å². The molecule has 1 aromatic carbocycles. The van der Waals surface area contributed by atoms with Gasteiger partial charge in [-0.1, -0.05) is 6.04 Å². The number of rotatable bonds is 2. The number of Topliss-reactive ketones (excluding diaryl/α,β-unsaturated/α-hetero) is 1. The minimum Gasteiger partial charge on any atom is -0.493 e. The lowest BCUT2D eigenvalue weighted by Gasteiger charge is -2.62. The predicted octanol–water partition coefficient (Wildman–Crippen LogP) is 1.05. The van der Waals surface area contributed by atoms with E-state index in [4.69, 9.17) is 20.1 Å². The molecule has 1 N–H and O–H groups in total. The highest BCUT2D eigenvalue weighted by atomic mass is 16.5. The lowest BCUT2D eigenvalue weighted by Crippen LogP contribution is -2.76. The number of likely N-dealkylation sites (N-methyl/N-ethyl adjacent to an activating group) is 1. The molecule has 0 aromatic heterocycles. The number of ether oxygens (including phenoxy) is 2. The summed E-state index contributed by atoms with van der Waals surface area (Å²) in [6, 6.07) is -0.326. The number of nitrogens with zero attached hydrogens (tertiary/aromatic N) is 1. The monoisotopic (exact) mass is 319 g/mol. The molecule has 4 aliphatic rings. The molecule has 5 rings (SSSR count). The summed E-state index contributed by atoms with van der Waals surface area (Å²) in [6.07, 6.45) is -0.667. The Morgan fingerprint density at radius 1 is 1.57 bits per heavy atom. The minimum absolute atomic E-state index is 0.0368. The van der Waals surface area contributed by atoms with Crippen LogP contribution in [-0.2, 0) is 16.6 Å². The normalized spacial score (nSPS) is 46.2. The predicted molar refractivity (Wildman–Crippen MR) is 83.0 cm³/mol. The van der Waals surface area contributed by atoms with Crippen molar-refractivity contribution in [1.29, 1.82) is 1.43 Å². The van der Waals surface area contributed by atoms with Gasteiger partial charge in [0.2, 0.25) is 1.43 Å². The van der Waals surface area contributed by atoms with Crippen LogP contribution in [0.2, 0.25) is 0 Å². The van der Waals surface area contributed by atoms with Gasteiger partial charge in [0.1, 0.15) is 0 Å². The highest BCUT2D eigenvalue weighted by Crippen LogP contribution is 2.64. The van der Waals surface area contributed by atoms with E-state index in [0.717, 1.165) is 0 Å². The molecule has 4 atom stereocenters. The van der Waals surface area contributed by atoms with Crippen LogP contribution in [0.4, 0.5) is 0 Å². The Bertz CT molecular complexity index is 895. The molecule has 2 fully saturated rings. The van der Waals surface area contributed by atoms with Gasteiger partial charge in [-0.15, -0.1) is 0 Å². The molecule has 2 heterocycles. The topological polar surface area (TPSA) is 59.0 Å². The molecule has 0 radical (unpaired) electrons. The smallest absolute Gasteiger partial charge is 0.211 e. The van der Waals surface area contributed by atoms with Crippen LogP contribution in [0, 0.1) is 0 Å². The van der Waals surface area contributed by atoms with Crippen LogP contribution in [-0.4, -0.2) is 55.6 Å². The first-order chi connectivity index (χ1) is 12.8. The van der Waals surface area contributed by atoms with Crippen molar-refractivity contribution in [2.45, 2.75) is 48.8 Å². The van der Waals surface area contributed by atoms with E-state index in [1.165, 1.54) is 7.11 Å². The molecule has 2 aliphatic carbocycles. The summed E-state index contributed by atoms with van der Waals surface area (Å²) in [4.78, 5) is 15.1. The second-order valence-electron chi connectivity index (χ2n) is 7.07. The number of hydrogen-bond acceptors (Lipinski definition) is 5. The standard InChI is InChI=1S/C18H21NO4/c1-19-8-7-17-14-10-3-4-12(22-2)15(14)23-16(17)11(20)5-6-18(17,21)13(19)9-10/h3-4,13,16,21H,5-9H2,1-2H3/t13-,16?,17+,18-/m1/s1/i3D,4D,16D,21D. The maximum absolute atomic E-state index is 13.0. The summed E-state index contributed by atoms with van der Waals surface area (Å²) < 4.78 is 45.4. The third-order valence-electron chi connectivity index (χ3n) is 6.29. The van der Waals surface area contributed by atoms with E-state index in [0.29, 0.717) is 36.9 Å². The quantitative estimate of drug-likeness (QED) is 0.883. The summed E-state index contributed by atoms with van der Waals surface area (Å²) in [5.41, 5.74) is -1.05. The summed E-state index contributed by atoms with van der Waals surface area (Å²) in [6.45, 7) is 0.629. The van der Waals surface area contributed by atoms with Crippen molar-refractivity contribution < 1.29 is 23.5 Å². The van der Waals surface area contributed by atoms with Crippen LogP contribution in [0.15, 0.2) is 12.1 Å². The van der Waals surface area contributed by atoms with Crippen LogP contribution >= 0.6 is 0 Å². The number of methoxy groups -OCH3 is 1. The van der Waals surface area contributed by atoms with Crippen LogP contribution in [0.1, 0.15) is 34.5 Å². The van der Waals surface area contributed by atoms with Crippen molar-refractivity contribution in [3.8, 4) is 11.5 Å². The summed E-state index contributed by atoms with van der Waals surface area (Å²) in [5, 5.41) is 5.44. The van der Waals surface area contributed by atoms with Gasteiger partial charge in [0.05, 0.1) is 22.2 Å². The van der Waals surface area contributed by atoms with Crippen LogP contribution in [0.25, 0.3) is 0 Å². The Balaban J connectivity index is 1.96. The third-order valence-corrected chi connectivity index (χ3v) is 6.29. The van der Waals surface area contributed by atoms with Gasteiger partial charge in [-0.25, -0.2) is 0 Å². The number of piperidine rings is 1. The molecule has 5 nitrogen and oxygen atoms in total. The van der Waals surface area contributed by atoms with Gasteiger partial charge in [0.15, 0.2) is 23.4 Å². The minimum atomic E-state index is -1.93. The SMILES string of the molecule is [2H]O[C@@]12CCC(=O)C3([2H])Oc4c(OC)c([2H])c([2H])c5c4[C@@]31CCN(C)[C@@H]2C5. The van der Waals surface area contributed by atoms with Crippen molar-refractivity contribution in [1.82, 2.24) is 4.90 Å². The Morgan fingerprint density at radius 3 is 3.22 bits per heavy atom. The van der Waals surface area contributed by atoms with E-state index in [1.54, 1.807) is 0 Å². The molecular formula is C18H21NO4. The molecule has 2 aliphatic heterocycles. The number of benzene rings is 1. The molecule has 122 valence electrons. The zero-order valence-electron chi connectivity index (χ0n) is 17.2. The van der Waals surface area contributed by atoms with E-state index in [9.17, 15) is 4.79 Å². The zero-order valence-corrected chi connectivity index (χ0v) is 13.2. The number of ketones is 1. The Morgan fingerprint density at radius 2 is 2.43 bits per heavy atom. The van der Waals surface area contributed by atoms with E-state index < -0.39 is 17.1 Å². The fourth-order valence-electron chi connectivity index (χ4n) is 5.25. The number of hydrogen-bond donors (Lipinski definition) is 1. The summed E-state index contributed by atoms with van der Waals surface area (Å²) >= 11 is 0. The van der Waals surface area contributed by atoms with Gasteiger partial charge in [-0.05, 0) is 44.5 Å². The molecule has 1 aromatic rings. The first kappa shape index (κ1) is 10.3. The summed E-state index contributed by atoms with van der Waals surface area (Å²) in [5.74, 6) is -0.0518. The van der Waals surface area contributed by atoms with E-state index in [1.807, 2.05) is 7.05 Å². The van der Waals surface area contributed by atoms with Gasteiger partial charge in [0, 0.05) is 18.0 Å². The van der Waals surface area contributed by atoms with Gasteiger partial charge in [-0.2, -0.15) is 0 Å². The number of aliphatic hydroxyl groups is 1. The second-order valence-corrected chi connectivity index (χ2v) is 7.07. The molecule has 1 saturated carbocycles.